The molecule has 0 aliphatic heterocycles. The molecule has 39 heavy (non-hydrogen) atoms. The van der Waals surface area contributed by atoms with Crippen molar-refractivity contribution in [2.24, 2.45) is 0 Å². The van der Waals surface area contributed by atoms with Crippen LogP contribution in [0.1, 0.15) is 208 Å². The molecule has 0 heterocycles. The van der Waals surface area contributed by atoms with Crippen LogP contribution in [0.15, 0.2) is 12.2 Å². The third-order valence-corrected chi connectivity index (χ3v) is 7.90. The Morgan fingerprint density at radius 1 is 0.462 bits per heavy atom. The Balaban J connectivity index is -0.00000684. The summed E-state index contributed by atoms with van der Waals surface area (Å²) in [6.07, 6.45) is 44.1. The standard InChI is InChI=1S/C36H70O2.Na.H/c1-3-5-7-9-11-13-15-17-19-21-23-25-27-29-31-33-35-38-36(37)34-32-30-28-26-24-22-20-18-16-14-12-10-8-6-4-2;;/h18,20H,3-17,19,21-35H2,1-2H3;;/q;+1;-1/b20-18-;;. The number of hydrogen-bond donors (Lipinski definition) is 0. The van der Waals surface area contributed by atoms with Gasteiger partial charge in [-0.15, -0.1) is 0 Å². The maximum atomic E-state index is 11.9. The molecule has 0 aliphatic rings. The van der Waals surface area contributed by atoms with E-state index in [0.717, 1.165) is 19.3 Å². The van der Waals surface area contributed by atoms with Crippen LogP contribution in [0.25, 0.3) is 0 Å². The van der Waals surface area contributed by atoms with Gasteiger partial charge in [0.1, 0.15) is 0 Å². The van der Waals surface area contributed by atoms with Crippen LogP contribution in [0.3, 0.4) is 0 Å². The van der Waals surface area contributed by atoms with Gasteiger partial charge in [0.25, 0.3) is 0 Å². The zero-order valence-electron chi connectivity index (χ0n) is 28.4. The number of hydrogen-bond acceptors (Lipinski definition) is 2. The molecule has 0 unspecified atom stereocenters. The van der Waals surface area contributed by atoms with E-state index in [1.807, 2.05) is 0 Å². The molecule has 0 spiro atoms. The first kappa shape index (κ1) is 41.3. The van der Waals surface area contributed by atoms with E-state index in [0.29, 0.717) is 13.0 Å². The van der Waals surface area contributed by atoms with Crippen molar-refractivity contribution in [3.05, 3.63) is 12.2 Å². The molecule has 0 bridgehead atoms. The number of rotatable bonds is 32. The van der Waals surface area contributed by atoms with Gasteiger partial charge in [-0.25, -0.2) is 0 Å². The molecule has 0 saturated heterocycles. The van der Waals surface area contributed by atoms with Crippen molar-refractivity contribution in [1.29, 1.82) is 0 Å². The smallest absolute Gasteiger partial charge is 1.00 e. The zero-order chi connectivity index (χ0) is 27.6. The van der Waals surface area contributed by atoms with E-state index in [-0.39, 0.29) is 37.0 Å². The number of carbonyl (C=O) groups excluding carboxylic acids is 1. The molecule has 0 aromatic rings. The summed E-state index contributed by atoms with van der Waals surface area (Å²) >= 11 is 0. The molecule has 0 radical (unpaired) electrons. The van der Waals surface area contributed by atoms with E-state index in [1.165, 1.54) is 167 Å². The minimum Gasteiger partial charge on any atom is -1.00 e. The van der Waals surface area contributed by atoms with Gasteiger partial charge >= 0.3 is 35.5 Å². The van der Waals surface area contributed by atoms with Crippen LogP contribution >= 0.6 is 0 Å². The first-order chi connectivity index (χ1) is 18.8. The van der Waals surface area contributed by atoms with Crippen LogP contribution in [0.2, 0.25) is 0 Å². The summed E-state index contributed by atoms with van der Waals surface area (Å²) in [7, 11) is 0. The normalized spacial score (nSPS) is 11.2. The molecule has 0 rings (SSSR count). The van der Waals surface area contributed by atoms with Gasteiger partial charge in [0.2, 0.25) is 0 Å². The molecule has 3 heteroatoms. The zero-order valence-corrected chi connectivity index (χ0v) is 29.4. The van der Waals surface area contributed by atoms with E-state index in [9.17, 15) is 4.79 Å². The Kier molecular flexibility index (Phi) is 40.5. The van der Waals surface area contributed by atoms with Crippen LogP contribution in [0.5, 0.6) is 0 Å². The van der Waals surface area contributed by atoms with Crippen molar-refractivity contribution in [3.63, 3.8) is 0 Å². The fourth-order valence-electron chi connectivity index (χ4n) is 5.25. The molecule has 0 saturated carbocycles. The van der Waals surface area contributed by atoms with Gasteiger partial charge < -0.3 is 6.16 Å². The van der Waals surface area contributed by atoms with Crippen molar-refractivity contribution in [2.45, 2.75) is 206 Å². The van der Waals surface area contributed by atoms with Crippen LogP contribution < -0.4 is 29.6 Å². The monoisotopic (exact) mass is 559 g/mol. The average molecular weight is 559 g/mol. The minimum atomic E-state index is 0. The molecule has 0 N–H and O–H groups in total. The van der Waals surface area contributed by atoms with Gasteiger partial charge in [-0.05, 0) is 38.5 Å². The average Bonchev–Trinajstić information content (AvgIpc) is 2.92. The molecule has 0 fully saturated rings. The quantitative estimate of drug-likeness (QED) is 0.0355. The molecular weight excluding hydrogens is 487 g/mol. The number of unbranched alkanes of at least 4 members (excludes halogenated alkanes) is 26. The Hall–Kier alpha value is 0.210. The second-order valence-corrected chi connectivity index (χ2v) is 11.9. The molecule has 0 atom stereocenters. The van der Waals surface area contributed by atoms with Crippen LogP contribution in [0.4, 0.5) is 0 Å². The molecular formula is C36H71NaO2. The summed E-state index contributed by atoms with van der Waals surface area (Å²) in [5.74, 6) is 0.0172. The summed E-state index contributed by atoms with van der Waals surface area (Å²) in [6, 6.07) is 0. The van der Waals surface area contributed by atoms with Crippen LogP contribution in [0, 0.1) is 0 Å². The molecule has 0 aromatic carbocycles. The Morgan fingerprint density at radius 2 is 0.769 bits per heavy atom. The van der Waals surface area contributed by atoms with E-state index < -0.39 is 0 Å². The van der Waals surface area contributed by atoms with Gasteiger partial charge in [-0.2, -0.15) is 0 Å². The van der Waals surface area contributed by atoms with Crippen molar-refractivity contribution < 1.29 is 40.5 Å². The fourth-order valence-corrected chi connectivity index (χ4v) is 5.25. The van der Waals surface area contributed by atoms with Crippen molar-refractivity contribution in [2.75, 3.05) is 6.61 Å². The molecule has 0 amide bonds. The number of allylic oxidation sites excluding steroid dienone is 2. The largest absolute Gasteiger partial charge is 1.00 e. The summed E-state index contributed by atoms with van der Waals surface area (Å²) in [4.78, 5) is 11.9. The Morgan fingerprint density at radius 3 is 1.15 bits per heavy atom. The number of esters is 1. The van der Waals surface area contributed by atoms with Crippen molar-refractivity contribution in [1.82, 2.24) is 0 Å². The van der Waals surface area contributed by atoms with Gasteiger partial charge in [0, 0.05) is 6.42 Å². The van der Waals surface area contributed by atoms with Crippen LogP contribution in [-0.4, -0.2) is 12.6 Å². The SMILES string of the molecule is CCCCCCCC/C=C\CCCCCCCC(=O)OCCCCCCCCCCCCCCCCCC.[H-].[Na+]. The molecule has 0 aliphatic carbocycles. The summed E-state index contributed by atoms with van der Waals surface area (Å²) in [5.41, 5.74) is 0. The minimum absolute atomic E-state index is 0. The third kappa shape index (κ3) is 38.2. The first-order valence-corrected chi connectivity index (χ1v) is 17.6. The van der Waals surface area contributed by atoms with Gasteiger partial charge in [-0.1, -0.05) is 174 Å². The topological polar surface area (TPSA) is 26.3 Å². The van der Waals surface area contributed by atoms with E-state index in [4.69, 9.17) is 4.74 Å². The second-order valence-electron chi connectivity index (χ2n) is 11.9. The fraction of sp³-hybridized carbons (Fsp3) is 0.917. The number of ether oxygens (including phenoxy) is 1. The van der Waals surface area contributed by atoms with E-state index >= 15 is 0 Å². The summed E-state index contributed by atoms with van der Waals surface area (Å²) in [5, 5.41) is 0. The Labute approximate surface area is 270 Å². The van der Waals surface area contributed by atoms with Gasteiger partial charge in [0.05, 0.1) is 6.61 Å². The molecule has 228 valence electrons. The van der Waals surface area contributed by atoms with Gasteiger partial charge in [0.15, 0.2) is 0 Å². The summed E-state index contributed by atoms with van der Waals surface area (Å²) < 4.78 is 5.43. The predicted octanol–water partition coefficient (Wildman–Crippen LogP) is 9.95. The van der Waals surface area contributed by atoms with E-state index in [1.54, 1.807) is 0 Å². The summed E-state index contributed by atoms with van der Waals surface area (Å²) in [6.45, 7) is 5.20. The van der Waals surface area contributed by atoms with Gasteiger partial charge in [-0.3, -0.25) is 4.79 Å². The first-order valence-electron chi connectivity index (χ1n) is 17.6. The predicted molar refractivity (Wildman–Crippen MR) is 171 cm³/mol. The maximum absolute atomic E-state index is 11.9. The molecule has 0 aromatic heterocycles. The van der Waals surface area contributed by atoms with Crippen molar-refractivity contribution in [3.8, 4) is 0 Å². The van der Waals surface area contributed by atoms with Crippen molar-refractivity contribution >= 4 is 5.97 Å². The maximum Gasteiger partial charge on any atom is 1.00 e. The molecule has 2 nitrogen and oxygen atoms in total. The van der Waals surface area contributed by atoms with E-state index in [2.05, 4.69) is 26.0 Å². The third-order valence-electron chi connectivity index (χ3n) is 7.90. The number of carbonyl (C=O) groups is 1. The Bertz CT molecular complexity index is 483. The second kappa shape index (κ2) is 38.2. The van der Waals surface area contributed by atoms with Crippen LogP contribution in [-0.2, 0) is 9.53 Å².